The molecule has 4 N–H and O–H groups in total. The number of hydrogen-bond acceptors (Lipinski definition) is 6. The molecule has 3 aliphatic rings. The summed E-state index contributed by atoms with van der Waals surface area (Å²) in [4.78, 5) is 42.1. The maximum absolute atomic E-state index is 15.8. The maximum atomic E-state index is 15.8. The zero-order chi connectivity index (χ0) is 29.9. The second-order valence-electron chi connectivity index (χ2n) is 12.6. The Morgan fingerprint density at radius 3 is 2.61 bits per heavy atom. The highest BCUT2D eigenvalue weighted by atomic mass is 35.5. The lowest BCUT2D eigenvalue weighted by Gasteiger charge is -2.42. The number of anilines is 1. The summed E-state index contributed by atoms with van der Waals surface area (Å²) < 4.78 is 31.1. The van der Waals surface area contributed by atoms with E-state index in [1.807, 2.05) is 20.8 Å². The van der Waals surface area contributed by atoms with E-state index in [1.165, 1.54) is 6.07 Å². The minimum Gasteiger partial charge on any atom is -0.352 e. The predicted molar refractivity (Wildman–Crippen MR) is 152 cm³/mol. The molecule has 41 heavy (non-hydrogen) atoms. The van der Waals surface area contributed by atoms with E-state index in [0.717, 1.165) is 0 Å². The van der Waals surface area contributed by atoms with E-state index < -0.39 is 49.0 Å². The topological polar surface area (TPSA) is 126 Å². The van der Waals surface area contributed by atoms with Crippen LogP contribution in [0.25, 0.3) is 0 Å². The van der Waals surface area contributed by atoms with E-state index in [1.54, 1.807) is 37.3 Å². The van der Waals surface area contributed by atoms with Gasteiger partial charge >= 0.3 is 8.25 Å². The Kier molecular flexibility index (Phi) is 8.00. The average Bonchev–Trinajstić information content (AvgIpc) is 3.32. The third kappa shape index (κ3) is 5.52. The summed E-state index contributed by atoms with van der Waals surface area (Å²) in [5.74, 6) is -2.41. The zero-order valence-electron chi connectivity index (χ0n) is 23.0. The van der Waals surface area contributed by atoms with E-state index in [0.29, 0.717) is 35.5 Å². The highest BCUT2D eigenvalue weighted by molar-refractivity contribution is 7.31. The Bertz CT molecular complexity index is 1420. The lowest BCUT2D eigenvalue weighted by Crippen LogP contribution is -2.58. The molecule has 2 aromatic carbocycles. The van der Waals surface area contributed by atoms with Crippen LogP contribution in [0.4, 0.5) is 10.1 Å². The smallest absolute Gasteiger partial charge is 0.352 e. The van der Waals surface area contributed by atoms with Crippen molar-refractivity contribution in [1.82, 2.24) is 10.6 Å². The Morgan fingerprint density at radius 2 is 1.95 bits per heavy atom. The SMILES string of the molecule is CC(C)(C)C[C@H]1N[C@@H](C(=O)NC2CC(C)(OO[P+](=O)O)C2)[C@H](c2cccc(Cl)c2F)[C@@]12C(=O)Nc1cc(Cl)ccc12. The van der Waals surface area contributed by atoms with Crippen LogP contribution in [0.3, 0.4) is 0 Å². The molecule has 1 aliphatic carbocycles. The minimum atomic E-state index is -2.93. The van der Waals surface area contributed by atoms with Crippen molar-refractivity contribution in [2.24, 2.45) is 5.41 Å². The molecule has 2 heterocycles. The van der Waals surface area contributed by atoms with Gasteiger partial charge in [-0.05, 0) is 60.9 Å². The van der Waals surface area contributed by atoms with E-state index in [2.05, 4.69) is 20.6 Å². The Morgan fingerprint density at radius 1 is 1.24 bits per heavy atom. The van der Waals surface area contributed by atoms with E-state index in [9.17, 15) is 14.2 Å². The third-order valence-corrected chi connectivity index (χ3v) is 8.96. The average molecular weight is 627 g/mol. The van der Waals surface area contributed by atoms with Crippen LogP contribution in [-0.4, -0.2) is 40.4 Å². The van der Waals surface area contributed by atoms with Crippen LogP contribution in [0, 0.1) is 11.2 Å². The Labute approximate surface area is 248 Å². The number of halogens is 3. The molecule has 5 rings (SSSR count). The molecular weight excluding hydrogens is 595 g/mol. The molecule has 5 atom stereocenters. The first kappa shape index (κ1) is 30.3. The molecule has 0 bridgehead atoms. The van der Waals surface area contributed by atoms with E-state index in [4.69, 9.17) is 33.0 Å². The molecule has 0 radical (unpaired) electrons. The van der Waals surface area contributed by atoms with Gasteiger partial charge in [0.25, 0.3) is 0 Å². The highest BCUT2D eigenvalue weighted by Gasteiger charge is 2.66. The summed E-state index contributed by atoms with van der Waals surface area (Å²) in [5.41, 5.74) is -1.16. The minimum absolute atomic E-state index is 0.111. The summed E-state index contributed by atoms with van der Waals surface area (Å²) in [6, 6.07) is 7.84. The molecule has 1 saturated heterocycles. The van der Waals surface area contributed by atoms with Gasteiger partial charge in [-0.15, -0.1) is 4.89 Å². The molecule has 0 aromatic heterocycles. The van der Waals surface area contributed by atoms with Gasteiger partial charge in [-0.1, -0.05) is 62.2 Å². The number of benzene rings is 2. The van der Waals surface area contributed by atoms with Crippen LogP contribution in [0.5, 0.6) is 0 Å². The predicted octanol–water partition coefficient (Wildman–Crippen LogP) is 5.52. The molecule has 220 valence electrons. The number of amides is 2. The summed E-state index contributed by atoms with van der Waals surface area (Å²) in [5, 5.41) is 9.70. The molecule has 1 spiro atoms. The number of hydrogen-bond donors (Lipinski definition) is 4. The zero-order valence-corrected chi connectivity index (χ0v) is 25.4. The second-order valence-corrected chi connectivity index (χ2v) is 14.0. The molecule has 1 unspecified atom stereocenters. The van der Waals surface area contributed by atoms with Crippen molar-refractivity contribution in [3.05, 3.63) is 63.4 Å². The molecule has 2 amide bonds. The molecule has 2 fully saturated rings. The van der Waals surface area contributed by atoms with Crippen molar-refractivity contribution < 1.29 is 33.0 Å². The largest absolute Gasteiger partial charge is 0.726 e. The van der Waals surface area contributed by atoms with Crippen molar-refractivity contribution in [3.63, 3.8) is 0 Å². The van der Waals surface area contributed by atoms with Gasteiger partial charge in [-0.3, -0.25) is 9.59 Å². The first-order valence-electron chi connectivity index (χ1n) is 13.3. The van der Waals surface area contributed by atoms with E-state index >= 15 is 4.39 Å². The number of fused-ring (bicyclic) bond motifs is 2. The van der Waals surface area contributed by atoms with Crippen LogP contribution < -0.4 is 16.0 Å². The summed E-state index contributed by atoms with van der Waals surface area (Å²) in [7, 11) is -2.93. The molecule has 9 nitrogen and oxygen atoms in total. The Balaban J connectivity index is 1.57. The van der Waals surface area contributed by atoms with Crippen molar-refractivity contribution in [2.45, 2.75) is 82.0 Å². The van der Waals surface area contributed by atoms with Crippen molar-refractivity contribution in [1.29, 1.82) is 0 Å². The van der Waals surface area contributed by atoms with Crippen molar-refractivity contribution in [3.8, 4) is 0 Å². The number of carbonyl (C=O) groups excluding carboxylic acids is 2. The number of carbonyl (C=O) groups is 2. The maximum Gasteiger partial charge on any atom is 0.726 e. The lowest BCUT2D eigenvalue weighted by molar-refractivity contribution is -0.313. The molecule has 13 heteroatoms. The fourth-order valence-corrected chi connectivity index (χ4v) is 7.32. The lowest BCUT2D eigenvalue weighted by atomic mass is 9.62. The van der Waals surface area contributed by atoms with Gasteiger partial charge in [0.05, 0.1) is 15.7 Å². The molecule has 2 aliphatic heterocycles. The first-order chi connectivity index (χ1) is 19.1. The normalized spacial score (nSPS) is 31.0. The fraction of sp³-hybridized carbons (Fsp3) is 0.500. The van der Waals surface area contributed by atoms with E-state index in [-0.39, 0.29) is 28.0 Å². The van der Waals surface area contributed by atoms with Gasteiger partial charge in [0, 0.05) is 33.3 Å². The third-order valence-electron chi connectivity index (χ3n) is 8.23. The van der Waals surface area contributed by atoms with Crippen molar-refractivity contribution in [2.75, 3.05) is 5.32 Å². The van der Waals surface area contributed by atoms with Crippen LogP contribution in [0.15, 0.2) is 36.4 Å². The van der Waals surface area contributed by atoms with Gasteiger partial charge in [-0.2, -0.15) is 4.89 Å². The number of rotatable bonds is 7. The van der Waals surface area contributed by atoms with Crippen LogP contribution in [0.2, 0.25) is 10.0 Å². The molecular formula is C28H32Cl2FN3O6P+. The first-order valence-corrected chi connectivity index (χ1v) is 15.2. The highest BCUT2D eigenvalue weighted by Crippen LogP contribution is 2.57. The Hall–Kier alpha value is -2.17. The van der Waals surface area contributed by atoms with Crippen molar-refractivity contribution >= 4 is 49.0 Å². The monoisotopic (exact) mass is 626 g/mol. The van der Waals surface area contributed by atoms with Gasteiger partial charge in [0.2, 0.25) is 11.8 Å². The van der Waals surface area contributed by atoms with Gasteiger partial charge in [0.1, 0.15) is 16.8 Å². The van der Waals surface area contributed by atoms with Crippen LogP contribution in [0.1, 0.15) is 64.0 Å². The quantitative estimate of drug-likeness (QED) is 0.181. The van der Waals surface area contributed by atoms with Gasteiger partial charge in [0.15, 0.2) is 0 Å². The van der Waals surface area contributed by atoms with Crippen LogP contribution in [-0.2, 0) is 29.1 Å². The number of nitrogens with one attached hydrogen (secondary N) is 3. The summed E-state index contributed by atoms with van der Waals surface area (Å²) in [6.45, 7) is 7.82. The standard InChI is InChI=1S/C28H31Cl2FN3O6P/c1-26(2,3)13-20-28(17-9-8-14(29)10-19(17)33-25(28)36)21(16-6-5-7-18(30)22(16)31)23(34-20)24(35)32-15-11-27(4,12-15)39-40-41(37)38/h5-10,15,20-21,23,34H,11-13H2,1-4H3,(H2-,32,33,35,36,37,38)/p+1/t15?,20-,21+,23-,27?,28+/m1/s1. The second kappa shape index (κ2) is 10.8. The van der Waals surface area contributed by atoms with Gasteiger partial charge in [-0.25, -0.2) is 4.39 Å². The summed E-state index contributed by atoms with van der Waals surface area (Å²) >= 11 is 12.5. The summed E-state index contributed by atoms with van der Waals surface area (Å²) in [6.07, 6.45) is 1.14. The molecule has 2 aromatic rings. The molecule has 1 saturated carbocycles. The van der Waals surface area contributed by atoms with Gasteiger partial charge < -0.3 is 16.0 Å². The fourth-order valence-electron chi connectivity index (χ4n) is 6.72. The van der Waals surface area contributed by atoms with Crippen LogP contribution >= 0.6 is 31.5 Å².